The van der Waals surface area contributed by atoms with E-state index in [0.29, 0.717) is 43.8 Å². The minimum absolute atomic E-state index is 0.201. The SMILES string of the molecule is COc1cccc(N)c1.Cc1ccc(N)cc1.Cc1cccc(N)n1.Cc1ccccc1N.Nc1ccc(Cl)cc1.Nc1ccc(Cl)cn1.Nc1ccc(F)c(F)c1.Nc1ccc(F)cc1.Nc1cccc(Cl)c1.Nc1ccccc1Cl.Nc1ccccc1F. The van der Waals surface area contributed by atoms with Crippen LogP contribution in [0.3, 0.4) is 0 Å². The summed E-state index contributed by atoms with van der Waals surface area (Å²) < 4.78 is 53.3. The van der Waals surface area contributed by atoms with Crippen molar-refractivity contribution in [2.75, 3.05) is 70.2 Å². The van der Waals surface area contributed by atoms with Crippen molar-refractivity contribution in [1.29, 1.82) is 0 Å². The van der Waals surface area contributed by atoms with Gasteiger partial charge in [-0.3, -0.25) is 0 Å². The van der Waals surface area contributed by atoms with Gasteiger partial charge in [0.05, 0.1) is 28.5 Å². The number of methoxy groups -OCH3 is 1. The Balaban J connectivity index is 0.000000495. The zero-order valence-corrected chi connectivity index (χ0v) is 52.9. The van der Waals surface area contributed by atoms with Crippen LogP contribution in [0.15, 0.2) is 249 Å². The van der Waals surface area contributed by atoms with E-state index in [1.54, 1.807) is 98.1 Å². The molecule has 0 fully saturated rings. The first-order valence-corrected chi connectivity index (χ1v) is 28.0. The Labute approximate surface area is 544 Å². The largest absolute Gasteiger partial charge is 0.497 e. The summed E-state index contributed by atoms with van der Waals surface area (Å²) in [5, 5.41) is 2.64. The Kier molecular flexibility index (Phi) is 39.0. The van der Waals surface area contributed by atoms with Crippen LogP contribution in [0.2, 0.25) is 20.1 Å². The van der Waals surface area contributed by atoms with Gasteiger partial charge in [0.2, 0.25) is 0 Å². The average Bonchev–Trinajstić information content (AvgIpc) is 3.73. The highest BCUT2D eigenvalue weighted by atomic mass is 35.5. The number of benzene rings is 9. The number of para-hydroxylation sites is 3. The van der Waals surface area contributed by atoms with Crippen molar-refractivity contribution < 1.29 is 22.3 Å². The summed E-state index contributed by atoms with van der Waals surface area (Å²) in [6.45, 7) is 5.95. The van der Waals surface area contributed by atoms with Crippen LogP contribution < -0.4 is 67.8 Å². The number of nitrogen functional groups attached to an aromatic ring is 11. The molecule has 14 nitrogen and oxygen atoms in total. The maximum atomic E-state index is 12.2. The Bertz CT molecular complexity index is 3210. The van der Waals surface area contributed by atoms with Crippen molar-refractivity contribution in [1.82, 2.24) is 9.97 Å². The fourth-order valence-corrected chi connectivity index (χ4v) is 6.21. The molecule has 0 atom stereocenters. The van der Waals surface area contributed by atoms with Crippen molar-refractivity contribution >= 4 is 109 Å². The highest BCUT2D eigenvalue weighted by Gasteiger charge is 1.98. The molecule has 0 aliphatic carbocycles. The summed E-state index contributed by atoms with van der Waals surface area (Å²) in [4.78, 5) is 7.68. The number of hydrogen-bond acceptors (Lipinski definition) is 14. The lowest BCUT2D eigenvalue weighted by Gasteiger charge is -1.97. The third-order valence-electron chi connectivity index (χ3n) is 10.4. The number of pyridine rings is 2. The summed E-state index contributed by atoms with van der Waals surface area (Å²) >= 11 is 22.2. The second-order valence-electron chi connectivity index (χ2n) is 18.0. The Morgan fingerprint density at radius 1 is 0.344 bits per heavy atom. The van der Waals surface area contributed by atoms with E-state index in [-0.39, 0.29) is 23.0 Å². The number of anilines is 11. The molecule has 0 saturated carbocycles. The molecule has 11 rings (SSSR count). The van der Waals surface area contributed by atoms with E-state index in [1.807, 2.05) is 118 Å². The van der Waals surface area contributed by atoms with E-state index in [4.69, 9.17) is 114 Å². The molecule has 0 radical (unpaired) electrons. The molecule has 0 aliphatic heterocycles. The number of aromatic nitrogens is 2. The normalized spacial score (nSPS) is 9.16. The van der Waals surface area contributed by atoms with Gasteiger partial charge in [-0.2, -0.15) is 0 Å². The summed E-state index contributed by atoms with van der Waals surface area (Å²) in [5.41, 5.74) is 67.6. The topological polar surface area (TPSA) is 321 Å². The molecular weight excluding hydrogens is 1230 g/mol. The zero-order chi connectivity index (χ0) is 67.4. The molecule has 474 valence electrons. The quantitative estimate of drug-likeness (QED) is 0.0538. The molecule has 22 N–H and O–H groups in total. The monoisotopic (exact) mass is 1310 g/mol. The van der Waals surface area contributed by atoms with Gasteiger partial charge >= 0.3 is 0 Å². The highest BCUT2D eigenvalue weighted by Crippen LogP contribution is 2.17. The number of nitrogens with two attached hydrogens (primary N) is 11. The van der Waals surface area contributed by atoms with Crippen LogP contribution >= 0.6 is 46.4 Å². The van der Waals surface area contributed by atoms with E-state index in [9.17, 15) is 17.6 Å². The number of rotatable bonds is 1. The minimum atomic E-state index is -0.907. The van der Waals surface area contributed by atoms with Gasteiger partial charge in [0.15, 0.2) is 11.6 Å². The minimum Gasteiger partial charge on any atom is -0.497 e. The second kappa shape index (κ2) is 45.1. The molecule has 0 saturated heterocycles. The Morgan fingerprint density at radius 3 is 1.16 bits per heavy atom. The van der Waals surface area contributed by atoms with Gasteiger partial charge in [-0.05, 0) is 190 Å². The van der Waals surface area contributed by atoms with Crippen LogP contribution in [0.4, 0.5) is 80.4 Å². The fraction of sp³-hybridized carbons (Fsp3) is 0.0588. The van der Waals surface area contributed by atoms with Crippen LogP contribution in [-0.2, 0) is 0 Å². The highest BCUT2D eigenvalue weighted by molar-refractivity contribution is 6.33. The van der Waals surface area contributed by atoms with Crippen molar-refractivity contribution in [3.05, 3.63) is 309 Å². The van der Waals surface area contributed by atoms with E-state index in [1.165, 1.54) is 54.2 Å². The van der Waals surface area contributed by atoms with E-state index >= 15 is 0 Å². The third-order valence-corrected chi connectivity index (χ3v) is 11.4. The third kappa shape index (κ3) is 39.5. The lowest BCUT2D eigenvalue weighted by Crippen LogP contribution is -1.89. The summed E-state index contributed by atoms with van der Waals surface area (Å²) in [6, 6.07) is 68.3. The zero-order valence-electron chi connectivity index (χ0n) is 49.8. The summed E-state index contributed by atoms with van der Waals surface area (Å²) in [5.74, 6) is -0.500. The molecule has 2 heterocycles. The van der Waals surface area contributed by atoms with Crippen molar-refractivity contribution in [3.8, 4) is 5.75 Å². The number of hydrogen-bond donors (Lipinski definition) is 11. The molecule has 0 unspecified atom stereocenters. The van der Waals surface area contributed by atoms with Gasteiger partial charge in [0.25, 0.3) is 0 Å². The Morgan fingerprint density at radius 2 is 0.822 bits per heavy atom. The van der Waals surface area contributed by atoms with Crippen LogP contribution in [0, 0.1) is 44.0 Å². The molecular formula is C68H75Cl4F4N13O. The first-order valence-electron chi connectivity index (χ1n) is 26.5. The number of halogens is 8. The van der Waals surface area contributed by atoms with E-state index in [0.717, 1.165) is 56.9 Å². The first-order chi connectivity index (χ1) is 42.7. The molecule has 0 aliphatic rings. The molecule has 2 aromatic heterocycles. The predicted octanol–water partition coefficient (Wildman–Crippen LogP) is 16.9. The molecule has 11 aromatic rings. The first kappa shape index (κ1) is 77.8. The van der Waals surface area contributed by atoms with Crippen molar-refractivity contribution in [2.45, 2.75) is 20.8 Å². The van der Waals surface area contributed by atoms with Crippen LogP contribution in [0.1, 0.15) is 16.8 Å². The summed E-state index contributed by atoms with van der Waals surface area (Å²) in [7, 11) is 1.62. The van der Waals surface area contributed by atoms with Gasteiger partial charge in [-0.1, -0.05) is 125 Å². The number of nitrogens with zero attached hydrogens (tertiary/aromatic N) is 2. The van der Waals surface area contributed by atoms with Crippen LogP contribution in [0.25, 0.3) is 0 Å². The maximum Gasteiger partial charge on any atom is 0.160 e. The van der Waals surface area contributed by atoms with Crippen molar-refractivity contribution in [2.24, 2.45) is 0 Å². The lowest BCUT2D eigenvalue weighted by molar-refractivity contribution is 0.415. The van der Waals surface area contributed by atoms with Gasteiger partial charge in [0, 0.05) is 67.8 Å². The Hall–Kier alpha value is -10.2. The summed E-state index contributed by atoms with van der Waals surface area (Å²) in [6.07, 6.45) is 1.51. The fourth-order valence-electron chi connectivity index (χ4n) is 5.64. The molecule has 0 spiro atoms. The van der Waals surface area contributed by atoms with Crippen molar-refractivity contribution in [3.63, 3.8) is 0 Å². The molecule has 90 heavy (non-hydrogen) atoms. The smallest absolute Gasteiger partial charge is 0.160 e. The van der Waals surface area contributed by atoms with Gasteiger partial charge in [-0.15, -0.1) is 0 Å². The standard InChI is InChI=1S/C7H9NO.2C7H9N.3C6H6ClN.C6H5F2N.2C6H6FN.C6H8N2.C5H5ClN2/c1-9-7-4-2-3-6(8)5-7;1-6-2-4-7(8)5-3-6;1-6-4-2-3-5-7(6)8;7-5-1-3-6(8)4-2-5;7-5-2-1-3-6(8)4-5;7-5-3-1-2-4-6(5)8;7-5-2-1-4(9)3-6(5)8;7-5-1-3-6(8)4-2-5;7-5-3-1-2-4-6(5)8;1-5-3-2-4-6(7)8-5;6-4-1-2-5(7)8-3-4/h2-5H,8H2,1H3;2*2-5H,8H2,1H3;3*1-4H,8H2;1-3H,9H2;2*1-4H,8H2;2-4H,1H3,(H2,7,8);1-3H,(H2,7,8). The van der Waals surface area contributed by atoms with Crippen LogP contribution in [0.5, 0.6) is 5.75 Å². The van der Waals surface area contributed by atoms with E-state index in [2.05, 4.69) is 9.97 Å². The number of ether oxygens (including phenoxy) is 1. The predicted molar refractivity (Wildman–Crippen MR) is 376 cm³/mol. The molecule has 22 heteroatoms. The second-order valence-corrected chi connectivity index (χ2v) is 19.7. The lowest BCUT2D eigenvalue weighted by atomic mass is 10.2. The maximum absolute atomic E-state index is 12.2. The number of aryl methyl sites for hydroxylation is 3. The molecule has 9 aromatic carbocycles. The van der Waals surface area contributed by atoms with Gasteiger partial charge < -0.3 is 67.8 Å². The van der Waals surface area contributed by atoms with Crippen LogP contribution in [-0.4, -0.2) is 17.1 Å². The molecule has 0 amide bonds. The average molecular weight is 1310 g/mol. The molecule has 0 bridgehead atoms. The van der Waals surface area contributed by atoms with E-state index < -0.39 is 11.6 Å². The van der Waals surface area contributed by atoms with Gasteiger partial charge in [0.1, 0.15) is 29.0 Å². The van der Waals surface area contributed by atoms with Gasteiger partial charge in [-0.25, -0.2) is 27.5 Å².